The lowest BCUT2D eigenvalue weighted by Gasteiger charge is -2.17. The number of hydrogen-bond acceptors (Lipinski definition) is 8. The fourth-order valence-corrected chi connectivity index (χ4v) is 4.37. The van der Waals surface area contributed by atoms with Crippen molar-refractivity contribution in [2.45, 2.75) is 0 Å². The summed E-state index contributed by atoms with van der Waals surface area (Å²) in [5.74, 6) is 0.561. The highest BCUT2D eigenvalue weighted by Gasteiger charge is 2.19. The first kappa shape index (κ1) is 22.7. The number of aromatic nitrogens is 2. The predicted octanol–water partition coefficient (Wildman–Crippen LogP) is 4.69. The molecule has 0 radical (unpaired) electrons. The first-order valence-electron chi connectivity index (χ1n) is 10.00. The molecule has 9 nitrogen and oxygen atoms in total. The number of pyridine rings is 2. The number of carbonyl (C=O) groups excluding carboxylic acids is 2. The average Bonchev–Trinajstić information content (AvgIpc) is 3.32. The highest BCUT2D eigenvalue weighted by Crippen LogP contribution is 2.35. The van der Waals surface area contributed by atoms with Gasteiger partial charge in [0.1, 0.15) is 17.6 Å². The second kappa shape index (κ2) is 9.56. The summed E-state index contributed by atoms with van der Waals surface area (Å²) in [6.07, 6.45) is 4.44. The number of amides is 2. The van der Waals surface area contributed by atoms with Crippen molar-refractivity contribution in [2.75, 3.05) is 31.5 Å². The van der Waals surface area contributed by atoms with E-state index in [0.29, 0.717) is 27.7 Å². The maximum Gasteiger partial charge on any atom is 0.412 e. The molecule has 0 aliphatic rings. The van der Waals surface area contributed by atoms with Crippen LogP contribution in [0.4, 0.5) is 16.3 Å². The van der Waals surface area contributed by atoms with Gasteiger partial charge in [-0.3, -0.25) is 15.1 Å². The number of carbonyl (C=O) groups is 2. The zero-order valence-electron chi connectivity index (χ0n) is 18.5. The molecule has 1 aromatic carbocycles. The van der Waals surface area contributed by atoms with E-state index in [0.717, 1.165) is 21.2 Å². The van der Waals surface area contributed by atoms with E-state index in [1.807, 2.05) is 12.1 Å². The molecule has 4 rings (SSSR count). The van der Waals surface area contributed by atoms with Gasteiger partial charge in [0.2, 0.25) is 0 Å². The van der Waals surface area contributed by atoms with Gasteiger partial charge >= 0.3 is 6.09 Å². The van der Waals surface area contributed by atoms with Gasteiger partial charge in [0.25, 0.3) is 5.91 Å². The monoisotopic (exact) mass is 473 g/mol. The minimum Gasteiger partial charge on any atom is -0.495 e. The van der Waals surface area contributed by atoms with Gasteiger partial charge < -0.3 is 14.4 Å². The molecule has 0 saturated carbocycles. The van der Waals surface area contributed by atoms with Crippen LogP contribution >= 0.6 is 11.3 Å². The standard InChI is InChI=1S/C24H19N5O4S/c1-29(16-6-4-14(10-25)19(8-16)32-2)23(30)20-9-17-18(12-26-13-21(17)34-20)15-5-7-22(27-11-15)28-24(31)33-3/h4-9,11-13H,1-3H3,(H,27,28,31). The third-order valence-corrected chi connectivity index (χ3v) is 6.20. The Balaban J connectivity index is 1.65. The molecule has 3 aromatic heterocycles. The van der Waals surface area contributed by atoms with Gasteiger partial charge in [0.15, 0.2) is 0 Å². The van der Waals surface area contributed by atoms with Crippen molar-refractivity contribution in [1.82, 2.24) is 9.97 Å². The zero-order valence-corrected chi connectivity index (χ0v) is 19.3. The molecule has 0 aliphatic heterocycles. The lowest BCUT2D eigenvalue weighted by atomic mass is 10.1. The zero-order chi connectivity index (χ0) is 24.2. The Morgan fingerprint density at radius 1 is 1.12 bits per heavy atom. The van der Waals surface area contributed by atoms with E-state index in [9.17, 15) is 14.9 Å². The third kappa shape index (κ3) is 4.37. The Morgan fingerprint density at radius 2 is 1.94 bits per heavy atom. The van der Waals surface area contributed by atoms with Gasteiger partial charge in [-0.25, -0.2) is 9.78 Å². The first-order chi connectivity index (χ1) is 16.4. The molecule has 0 unspecified atom stereocenters. The second-order valence-electron chi connectivity index (χ2n) is 7.12. The highest BCUT2D eigenvalue weighted by atomic mass is 32.1. The van der Waals surface area contributed by atoms with Crippen LogP contribution in [0, 0.1) is 11.3 Å². The lowest BCUT2D eigenvalue weighted by molar-refractivity contribution is 0.0997. The van der Waals surface area contributed by atoms with E-state index in [2.05, 4.69) is 26.1 Å². The summed E-state index contributed by atoms with van der Waals surface area (Å²) < 4.78 is 10.7. The molecule has 0 fully saturated rings. The topological polar surface area (TPSA) is 117 Å². The number of benzene rings is 1. The number of ether oxygens (including phenoxy) is 2. The average molecular weight is 474 g/mol. The summed E-state index contributed by atoms with van der Waals surface area (Å²) >= 11 is 1.34. The highest BCUT2D eigenvalue weighted by molar-refractivity contribution is 7.21. The van der Waals surface area contributed by atoms with E-state index < -0.39 is 6.09 Å². The SMILES string of the molecule is COC(=O)Nc1ccc(-c2cncc3sc(C(=O)N(C)c4ccc(C#N)c(OC)c4)cc23)cn1. The van der Waals surface area contributed by atoms with Crippen LogP contribution in [-0.4, -0.2) is 43.2 Å². The minimum absolute atomic E-state index is 0.199. The number of hydrogen-bond donors (Lipinski definition) is 1. The van der Waals surface area contributed by atoms with Gasteiger partial charge in [0.05, 0.1) is 29.4 Å². The summed E-state index contributed by atoms with van der Waals surface area (Å²) in [7, 11) is 4.43. The Kier molecular flexibility index (Phi) is 6.38. The normalized spacial score (nSPS) is 10.4. The summed E-state index contributed by atoms with van der Waals surface area (Å²) in [6.45, 7) is 0. The minimum atomic E-state index is -0.603. The Labute approximate surface area is 199 Å². The van der Waals surface area contributed by atoms with Crippen LogP contribution in [-0.2, 0) is 4.74 Å². The molecule has 10 heteroatoms. The molecular weight excluding hydrogens is 454 g/mol. The fourth-order valence-electron chi connectivity index (χ4n) is 3.34. The molecule has 3 heterocycles. The quantitative estimate of drug-likeness (QED) is 0.447. The lowest BCUT2D eigenvalue weighted by Crippen LogP contribution is -2.25. The Hall–Kier alpha value is -4.49. The van der Waals surface area contributed by atoms with Gasteiger partial charge in [-0.1, -0.05) is 0 Å². The van der Waals surface area contributed by atoms with Gasteiger partial charge in [-0.05, 0) is 30.3 Å². The largest absolute Gasteiger partial charge is 0.495 e. The number of rotatable bonds is 5. The molecule has 0 spiro atoms. The number of methoxy groups -OCH3 is 2. The van der Waals surface area contributed by atoms with Crippen LogP contribution in [0.5, 0.6) is 5.75 Å². The molecule has 0 atom stereocenters. The number of nitriles is 1. The van der Waals surface area contributed by atoms with Crippen molar-refractivity contribution in [1.29, 1.82) is 5.26 Å². The molecule has 2 amide bonds. The molecule has 4 aromatic rings. The van der Waals surface area contributed by atoms with E-state index >= 15 is 0 Å². The number of nitrogens with zero attached hydrogens (tertiary/aromatic N) is 4. The molecular formula is C24H19N5O4S. The van der Waals surface area contributed by atoms with Crippen LogP contribution in [0.15, 0.2) is 55.0 Å². The molecule has 34 heavy (non-hydrogen) atoms. The first-order valence-corrected chi connectivity index (χ1v) is 10.8. The summed E-state index contributed by atoms with van der Waals surface area (Å²) in [6, 6.07) is 12.3. The van der Waals surface area contributed by atoms with Crippen LogP contribution in [0.25, 0.3) is 21.2 Å². The van der Waals surface area contributed by atoms with E-state index in [1.54, 1.807) is 49.9 Å². The maximum atomic E-state index is 13.2. The fraction of sp³-hybridized carbons (Fsp3) is 0.125. The second-order valence-corrected chi connectivity index (χ2v) is 8.20. The van der Waals surface area contributed by atoms with Crippen LogP contribution in [0.2, 0.25) is 0 Å². The van der Waals surface area contributed by atoms with Gasteiger partial charge in [-0.15, -0.1) is 11.3 Å². The molecule has 170 valence electrons. The van der Waals surface area contributed by atoms with Crippen molar-refractivity contribution < 1.29 is 19.1 Å². The molecule has 0 aliphatic carbocycles. The molecule has 0 bridgehead atoms. The van der Waals surface area contributed by atoms with Gasteiger partial charge in [-0.2, -0.15) is 5.26 Å². The Bertz CT molecular complexity index is 1430. The van der Waals surface area contributed by atoms with Crippen molar-refractivity contribution in [3.8, 4) is 22.9 Å². The summed E-state index contributed by atoms with van der Waals surface area (Å²) in [5.41, 5.74) is 2.60. The van der Waals surface area contributed by atoms with E-state index in [4.69, 9.17) is 4.74 Å². The van der Waals surface area contributed by atoms with Crippen molar-refractivity contribution >= 4 is 44.9 Å². The van der Waals surface area contributed by atoms with E-state index in [-0.39, 0.29) is 5.91 Å². The third-order valence-electron chi connectivity index (χ3n) is 5.14. The summed E-state index contributed by atoms with van der Waals surface area (Å²) in [5, 5.41) is 12.6. The van der Waals surface area contributed by atoms with Gasteiger partial charge in [0, 0.05) is 53.9 Å². The smallest absolute Gasteiger partial charge is 0.412 e. The number of thiophene rings is 1. The van der Waals surface area contributed by atoms with Crippen molar-refractivity contribution in [3.05, 3.63) is 65.4 Å². The molecule has 1 N–H and O–H groups in total. The predicted molar refractivity (Wildman–Crippen MR) is 129 cm³/mol. The van der Waals surface area contributed by atoms with E-state index in [1.165, 1.54) is 30.5 Å². The number of nitrogens with one attached hydrogen (secondary N) is 1. The number of fused-ring (bicyclic) bond motifs is 1. The Morgan fingerprint density at radius 3 is 2.62 bits per heavy atom. The summed E-state index contributed by atoms with van der Waals surface area (Å²) in [4.78, 5) is 35.2. The van der Waals surface area contributed by atoms with Crippen LogP contribution < -0.4 is 15.0 Å². The van der Waals surface area contributed by atoms with Crippen molar-refractivity contribution in [3.63, 3.8) is 0 Å². The van der Waals surface area contributed by atoms with Crippen molar-refractivity contribution in [2.24, 2.45) is 0 Å². The molecule has 0 saturated heterocycles. The maximum absolute atomic E-state index is 13.2. The number of anilines is 2. The van der Waals surface area contributed by atoms with Crippen LogP contribution in [0.1, 0.15) is 15.2 Å². The van der Waals surface area contributed by atoms with Crippen LogP contribution in [0.3, 0.4) is 0 Å².